The number of fused-ring (bicyclic) bond motifs is 1. The zero-order chi connectivity index (χ0) is 9.42. The summed E-state index contributed by atoms with van der Waals surface area (Å²) >= 11 is 0. The Labute approximate surface area is 77.8 Å². The Kier molecular flexibility index (Phi) is 1.88. The highest BCUT2D eigenvalue weighted by Gasteiger charge is 2.29. The summed E-state index contributed by atoms with van der Waals surface area (Å²) in [5.74, 6) is 0.374. The monoisotopic (exact) mass is 178 g/mol. The molecule has 13 heavy (non-hydrogen) atoms. The van der Waals surface area contributed by atoms with Gasteiger partial charge in [-0.05, 0) is 12.2 Å². The Hall–Kier alpha value is -1.22. The van der Waals surface area contributed by atoms with E-state index in [4.69, 9.17) is 10.8 Å². The lowest BCUT2D eigenvalue weighted by atomic mass is 9.96. The van der Waals surface area contributed by atoms with Crippen LogP contribution in [0.3, 0.4) is 0 Å². The highest BCUT2D eigenvalue weighted by Crippen LogP contribution is 2.30. The average molecular weight is 178 g/mol. The van der Waals surface area contributed by atoms with Crippen molar-refractivity contribution in [3.05, 3.63) is 35.7 Å². The zero-order valence-electron chi connectivity index (χ0n) is 7.64. The number of likely N-dealkylation sites (N-methyl/N-ethyl adjacent to an activating group) is 1. The second-order valence-electron chi connectivity index (χ2n) is 3.52. The van der Waals surface area contributed by atoms with E-state index in [1.165, 1.54) is 0 Å². The summed E-state index contributed by atoms with van der Waals surface area (Å²) in [6.07, 6.45) is 8.12. The molecule has 2 aliphatic rings. The van der Waals surface area contributed by atoms with Gasteiger partial charge in [0.1, 0.15) is 0 Å². The summed E-state index contributed by atoms with van der Waals surface area (Å²) in [4.78, 5) is 2.07. The molecule has 0 aromatic rings. The van der Waals surface area contributed by atoms with Gasteiger partial charge in [0.05, 0.1) is 12.6 Å². The quantitative estimate of drug-likeness (QED) is 0.603. The molecule has 0 aromatic heterocycles. The smallest absolute Gasteiger partial charge is 0.0826 e. The van der Waals surface area contributed by atoms with Gasteiger partial charge in [0, 0.05) is 24.4 Å². The molecule has 1 heterocycles. The van der Waals surface area contributed by atoms with E-state index in [-0.39, 0.29) is 6.61 Å². The zero-order valence-corrected chi connectivity index (χ0v) is 7.64. The molecule has 3 heteroatoms. The fraction of sp³-hybridized carbons (Fsp3) is 0.400. The molecule has 2 atom stereocenters. The SMILES string of the molecule is CN1C(CO)=CC2C=CC(N)=CC21. The second-order valence-corrected chi connectivity index (χ2v) is 3.52. The number of hydrogen-bond acceptors (Lipinski definition) is 3. The van der Waals surface area contributed by atoms with Gasteiger partial charge in [-0.2, -0.15) is 0 Å². The Morgan fingerprint density at radius 2 is 2.31 bits per heavy atom. The van der Waals surface area contributed by atoms with Crippen molar-refractivity contribution in [2.24, 2.45) is 11.7 Å². The summed E-state index contributed by atoms with van der Waals surface area (Å²) in [6.45, 7) is 0.102. The minimum atomic E-state index is 0.102. The molecule has 0 saturated carbocycles. The molecule has 2 unspecified atom stereocenters. The van der Waals surface area contributed by atoms with E-state index in [0.717, 1.165) is 11.4 Å². The van der Waals surface area contributed by atoms with Crippen LogP contribution in [0.5, 0.6) is 0 Å². The Bertz CT molecular complexity index is 304. The fourth-order valence-corrected chi connectivity index (χ4v) is 1.92. The molecule has 1 aliphatic heterocycles. The third-order valence-electron chi connectivity index (χ3n) is 2.72. The van der Waals surface area contributed by atoms with Gasteiger partial charge in [-0.3, -0.25) is 0 Å². The number of aliphatic hydroxyl groups is 1. The van der Waals surface area contributed by atoms with Crippen molar-refractivity contribution in [1.29, 1.82) is 0 Å². The van der Waals surface area contributed by atoms with Gasteiger partial charge in [0.2, 0.25) is 0 Å². The highest BCUT2D eigenvalue weighted by molar-refractivity contribution is 5.33. The molecule has 3 N–H and O–H groups in total. The van der Waals surface area contributed by atoms with Crippen molar-refractivity contribution in [3.63, 3.8) is 0 Å². The van der Waals surface area contributed by atoms with Gasteiger partial charge in [-0.25, -0.2) is 0 Å². The lowest BCUT2D eigenvalue weighted by Gasteiger charge is -2.26. The summed E-state index contributed by atoms with van der Waals surface area (Å²) in [7, 11) is 1.98. The van der Waals surface area contributed by atoms with Crippen LogP contribution in [0.15, 0.2) is 35.7 Å². The second kappa shape index (κ2) is 2.92. The van der Waals surface area contributed by atoms with Crippen molar-refractivity contribution >= 4 is 0 Å². The maximum atomic E-state index is 9.06. The van der Waals surface area contributed by atoms with Crippen LogP contribution < -0.4 is 5.73 Å². The number of hydrogen-bond donors (Lipinski definition) is 2. The summed E-state index contributed by atoms with van der Waals surface area (Å²) in [5, 5.41) is 9.06. The molecule has 0 fully saturated rings. The number of rotatable bonds is 1. The Morgan fingerprint density at radius 1 is 1.54 bits per heavy atom. The van der Waals surface area contributed by atoms with E-state index in [1.807, 2.05) is 19.2 Å². The maximum Gasteiger partial charge on any atom is 0.0826 e. The normalized spacial score (nSPS) is 31.4. The van der Waals surface area contributed by atoms with Crippen molar-refractivity contribution in [1.82, 2.24) is 4.90 Å². The molecule has 2 rings (SSSR count). The standard InChI is InChI=1S/C10H14N2O/c1-12-9(6-13)4-7-2-3-8(11)5-10(7)12/h2-5,7,10,13H,6,11H2,1H3. The summed E-state index contributed by atoms with van der Waals surface area (Å²) in [5.41, 5.74) is 7.49. The molecule has 0 aromatic carbocycles. The highest BCUT2D eigenvalue weighted by atomic mass is 16.3. The third-order valence-corrected chi connectivity index (χ3v) is 2.72. The summed E-state index contributed by atoms with van der Waals surface area (Å²) < 4.78 is 0. The van der Waals surface area contributed by atoms with Crippen LogP contribution in [0.25, 0.3) is 0 Å². The van der Waals surface area contributed by atoms with Gasteiger partial charge in [-0.1, -0.05) is 12.2 Å². The number of allylic oxidation sites excluding steroid dienone is 1. The molecule has 70 valence electrons. The van der Waals surface area contributed by atoms with E-state index in [9.17, 15) is 0 Å². The van der Waals surface area contributed by atoms with E-state index >= 15 is 0 Å². The van der Waals surface area contributed by atoms with Gasteiger partial charge < -0.3 is 15.7 Å². The van der Waals surface area contributed by atoms with Crippen LogP contribution in [0.1, 0.15) is 0 Å². The average Bonchev–Trinajstić information content (AvgIpc) is 2.44. The molecule has 0 radical (unpaired) electrons. The van der Waals surface area contributed by atoms with Crippen LogP contribution in [0.2, 0.25) is 0 Å². The maximum absolute atomic E-state index is 9.06. The minimum absolute atomic E-state index is 0.102. The van der Waals surface area contributed by atoms with Gasteiger partial charge in [-0.15, -0.1) is 0 Å². The Morgan fingerprint density at radius 3 is 3.00 bits per heavy atom. The van der Waals surface area contributed by atoms with Crippen LogP contribution in [0, 0.1) is 5.92 Å². The molecule has 1 aliphatic carbocycles. The molecule has 0 saturated heterocycles. The molecular formula is C10H14N2O. The number of nitrogens with zero attached hydrogens (tertiary/aromatic N) is 1. The molecule has 0 amide bonds. The first-order chi connectivity index (χ1) is 6.22. The van der Waals surface area contributed by atoms with E-state index in [2.05, 4.69) is 17.1 Å². The third kappa shape index (κ3) is 1.25. The lowest BCUT2D eigenvalue weighted by Crippen LogP contribution is -2.31. The van der Waals surface area contributed by atoms with Crippen molar-refractivity contribution < 1.29 is 5.11 Å². The molecule has 0 spiro atoms. The number of nitrogens with two attached hydrogens (primary N) is 1. The van der Waals surface area contributed by atoms with Crippen LogP contribution in [-0.2, 0) is 0 Å². The first-order valence-corrected chi connectivity index (χ1v) is 4.42. The van der Waals surface area contributed by atoms with Crippen molar-refractivity contribution in [2.75, 3.05) is 13.7 Å². The first-order valence-electron chi connectivity index (χ1n) is 4.42. The lowest BCUT2D eigenvalue weighted by molar-refractivity contribution is 0.264. The predicted octanol–water partition coefficient (Wildman–Crippen LogP) is 0.205. The van der Waals surface area contributed by atoms with Crippen molar-refractivity contribution in [2.45, 2.75) is 6.04 Å². The topological polar surface area (TPSA) is 49.5 Å². The van der Waals surface area contributed by atoms with Gasteiger partial charge in [0.15, 0.2) is 0 Å². The van der Waals surface area contributed by atoms with Gasteiger partial charge >= 0.3 is 0 Å². The van der Waals surface area contributed by atoms with E-state index < -0.39 is 0 Å². The summed E-state index contributed by atoms with van der Waals surface area (Å²) in [6, 6.07) is 0.298. The Balaban J connectivity index is 2.26. The number of aliphatic hydroxyl groups excluding tert-OH is 1. The minimum Gasteiger partial charge on any atom is -0.399 e. The van der Waals surface area contributed by atoms with Crippen molar-refractivity contribution in [3.8, 4) is 0 Å². The van der Waals surface area contributed by atoms with Crippen LogP contribution >= 0.6 is 0 Å². The predicted molar refractivity (Wildman–Crippen MR) is 51.6 cm³/mol. The molecule has 3 nitrogen and oxygen atoms in total. The first kappa shape index (κ1) is 8.38. The van der Waals surface area contributed by atoms with Crippen LogP contribution in [0.4, 0.5) is 0 Å². The fourth-order valence-electron chi connectivity index (χ4n) is 1.92. The van der Waals surface area contributed by atoms with E-state index in [0.29, 0.717) is 12.0 Å². The largest absolute Gasteiger partial charge is 0.399 e. The molecule has 0 bridgehead atoms. The molecular weight excluding hydrogens is 164 g/mol. The van der Waals surface area contributed by atoms with E-state index in [1.54, 1.807) is 0 Å². The van der Waals surface area contributed by atoms with Crippen LogP contribution in [-0.4, -0.2) is 29.7 Å². The van der Waals surface area contributed by atoms with Gasteiger partial charge in [0.25, 0.3) is 0 Å².